The zero-order chi connectivity index (χ0) is 9.94. The van der Waals surface area contributed by atoms with Crippen LogP contribution in [0.2, 0.25) is 0 Å². The summed E-state index contributed by atoms with van der Waals surface area (Å²) in [6, 6.07) is 0. The maximum Gasteiger partial charge on any atom is 0.0770 e. The van der Waals surface area contributed by atoms with E-state index in [4.69, 9.17) is 0 Å². The van der Waals surface area contributed by atoms with Crippen LogP contribution in [0.3, 0.4) is 0 Å². The maximum atomic E-state index is 4.49. The van der Waals surface area contributed by atoms with Gasteiger partial charge in [-0.25, -0.2) is 4.99 Å². The topological polar surface area (TPSA) is 16.8 Å². The minimum Gasteiger partial charge on any atom is -1.00 e. The van der Waals surface area contributed by atoms with E-state index in [1.807, 2.05) is 0 Å². The third kappa shape index (κ3) is 10.1. The molecule has 0 rings (SSSR count). The number of isothiocyanates is 1. The van der Waals surface area contributed by atoms with Crippen LogP contribution >= 0.6 is 12.2 Å². The SMILES string of the molecule is CC[NH+](CC)CCCCCN=C=S.[Cl-]. The molecule has 0 aliphatic heterocycles. The molecule has 0 amide bonds. The first-order valence-corrected chi connectivity index (χ1v) is 5.63. The summed E-state index contributed by atoms with van der Waals surface area (Å²) in [6.07, 6.45) is 3.73. The number of hydrogen-bond acceptors (Lipinski definition) is 2. The lowest BCUT2D eigenvalue weighted by molar-refractivity contribution is -0.896. The van der Waals surface area contributed by atoms with Crippen molar-refractivity contribution >= 4 is 17.4 Å². The number of rotatable bonds is 8. The Kier molecular flexibility index (Phi) is 15.4. The molecule has 0 fully saturated rings. The van der Waals surface area contributed by atoms with Crippen LogP contribution in [0.1, 0.15) is 33.1 Å². The number of hydrogen-bond donors (Lipinski definition) is 1. The molecule has 4 heteroatoms. The van der Waals surface area contributed by atoms with Gasteiger partial charge in [-0.1, -0.05) is 0 Å². The van der Waals surface area contributed by atoms with Gasteiger partial charge < -0.3 is 17.3 Å². The molecule has 14 heavy (non-hydrogen) atoms. The first-order valence-electron chi connectivity index (χ1n) is 5.22. The normalized spacial score (nSPS) is 9.36. The van der Waals surface area contributed by atoms with Crippen LogP contribution in [0, 0.1) is 0 Å². The second-order valence-corrected chi connectivity index (χ2v) is 3.42. The van der Waals surface area contributed by atoms with E-state index in [0.29, 0.717) is 0 Å². The molecule has 0 saturated heterocycles. The van der Waals surface area contributed by atoms with Crippen LogP contribution in [-0.4, -0.2) is 31.3 Å². The van der Waals surface area contributed by atoms with Gasteiger partial charge in [0.15, 0.2) is 0 Å². The summed E-state index contributed by atoms with van der Waals surface area (Å²) in [5.74, 6) is 0. The number of nitrogens with one attached hydrogen (secondary N) is 1. The summed E-state index contributed by atoms with van der Waals surface area (Å²) in [7, 11) is 0. The third-order valence-corrected chi connectivity index (χ3v) is 2.49. The molecular formula is C10H21ClN2S. The van der Waals surface area contributed by atoms with Crippen LogP contribution < -0.4 is 17.3 Å². The predicted octanol–water partition coefficient (Wildman–Crippen LogP) is -1.81. The molecule has 0 aromatic rings. The van der Waals surface area contributed by atoms with E-state index >= 15 is 0 Å². The lowest BCUT2D eigenvalue weighted by atomic mass is 10.2. The van der Waals surface area contributed by atoms with Crippen molar-refractivity contribution in [2.45, 2.75) is 33.1 Å². The average Bonchev–Trinajstić information content (AvgIpc) is 2.17. The van der Waals surface area contributed by atoms with Crippen LogP contribution in [0.5, 0.6) is 0 Å². The summed E-state index contributed by atoms with van der Waals surface area (Å²) < 4.78 is 0. The van der Waals surface area contributed by atoms with Gasteiger partial charge in [0.1, 0.15) is 0 Å². The van der Waals surface area contributed by atoms with Crippen molar-refractivity contribution in [1.29, 1.82) is 0 Å². The Morgan fingerprint density at radius 1 is 1.14 bits per heavy atom. The van der Waals surface area contributed by atoms with Gasteiger partial charge in [-0.15, -0.1) is 0 Å². The van der Waals surface area contributed by atoms with Crippen molar-refractivity contribution in [3.8, 4) is 0 Å². The molecule has 0 aliphatic rings. The van der Waals surface area contributed by atoms with Gasteiger partial charge in [0, 0.05) is 6.54 Å². The third-order valence-electron chi connectivity index (χ3n) is 2.36. The number of halogens is 1. The standard InChI is InChI=1S/C10H20N2S.ClH/c1-3-12(4-2)9-7-5-6-8-11-10-13;/h3-9H2,1-2H3;1H. The minimum absolute atomic E-state index is 0. The fraction of sp³-hybridized carbons (Fsp3) is 0.900. The van der Waals surface area contributed by atoms with Crippen LogP contribution in [0.25, 0.3) is 0 Å². The van der Waals surface area contributed by atoms with Crippen molar-refractivity contribution < 1.29 is 17.3 Å². The molecule has 0 aromatic carbocycles. The Bertz CT molecular complexity index is 154. The summed E-state index contributed by atoms with van der Waals surface area (Å²) in [4.78, 5) is 5.58. The molecule has 0 bridgehead atoms. The molecule has 0 spiro atoms. The molecule has 84 valence electrons. The fourth-order valence-electron chi connectivity index (χ4n) is 1.39. The van der Waals surface area contributed by atoms with Crippen molar-refractivity contribution in [2.24, 2.45) is 4.99 Å². The van der Waals surface area contributed by atoms with Crippen molar-refractivity contribution in [3.05, 3.63) is 0 Å². The molecule has 0 saturated carbocycles. The Balaban J connectivity index is 0. The number of thiocarbonyl (C=S) groups is 1. The van der Waals surface area contributed by atoms with Crippen molar-refractivity contribution in [3.63, 3.8) is 0 Å². The molecule has 0 radical (unpaired) electrons. The maximum absolute atomic E-state index is 4.49. The lowest BCUT2D eigenvalue weighted by Gasteiger charge is -2.14. The van der Waals surface area contributed by atoms with Gasteiger partial charge in [-0.2, -0.15) is 0 Å². The molecule has 0 aromatic heterocycles. The van der Waals surface area contributed by atoms with Gasteiger partial charge in [0.2, 0.25) is 0 Å². The molecule has 0 unspecified atom stereocenters. The number of quaternary nitrogens is 1. The van der Waals surface area contributed by atoms with Gasteiger partial charge >= 0.3 is 0 Å². The monoisotopic (exact) mass is 236 g/mol. The second kappa shape index (κ2) is 13.1. The molecule has 2 nitrogen and oxygen atoms in total. The quantitative estimate of drug-likeness (QED) is 0.299. The summed E-state index contributed by atoms with van der Waals surface area (Å²) in [5.41, 5.74) is 0. The van der Waals surface area contributed by atoms with E-state index in [1.54, 1.807) is 4.90 Å². The largest absolute Gasteiger partial charge is 1.00 e. The van der Waals surface area contributed by atoms with Crippen molar-refractivity contribution in [2.75, 3.05) is 26.2 Å². The highest BCUT2D eigenvalue weighted by atomic mass is 35.5. The average molecular weight is 237 g/mol. The predicted molar refractivity (Wildman–Crippen MR) is 60.7 cm³/mol. The Morgan fingerprint density at radius 2 is 1.79 bits per heavy atom. The van der Waals surface area contributed by atoms with E-state index in [1.165, 1.54) is 32.5 Å². The van der Waals surface area contributed by atoms with Crippen LogP contribution in [-0.2, 0) is 0 Å². The summed E-state index contributed by atoms with van der Waals surface area (Å²) in [6.45, 7) is 9.14. The molecule has 1 N–H and O–H groups in total. The van der Waals surface area contributed by atoms with E-state index in [9.17, 15) is 0 Å². The van der Waals surface area contributed by atoms with E-state index in [0.717, 1.165) is 13.0 Å². The van der Waals surface area contributed by atoms with E-state index in [-0.39, 0.29) is 12.4 Å². The van der Waals surface area contributed by atoms with Crippen LogP contribution in [0.4, 0.5) is 0 Å². The smallest absolute Gasteiger partial charge is 0.0770 e. The van der Waals surface area contributed by atoms with E-state index < -0.39 is 0 Å². The highest BCUT2D eigenvalue weighted by Crippen LogP contribution is 1.92. The number of aliphatic imine (C=N–C) groups is 1. The first-order chi connectivity index (χ1) is 6.35. The lowest BCUT2D eigenvalue weighted by Crippen LogP contribution is -3.11. The molecular weight excluding hydrogens is 216 g/mol. The van der Waals surface area contributed by atoms with Gasteiger partial charge in [0.25, 0.3) is 0 Å². The Labute approximate surface area is 99.2 Å². The molecule has 0 aliphatic carbocycles. The minimum atomic E-state index is 0. The summed E-state index contributed by atoms with van der Waals surface area (Å²) in [5, 5.41) is 2.39. The number of nitrogens with zero attached hydrogens (tertiary/aromatic N) is 1. The highest BCUT2D eigenvalue weighted by Gasteiger charge is 2.00. The summed E-state index contributed by atoms with van der Waals surface area (Å²) >= 11 is 4.49. The molecule has 0 heterocycles. The molecule has 0 atom stereocenters. The van der Waals surface area contributed by atoms with Gasteiger partial charge in [-0.05, 0) is 45.3 Å². The Morgan fingerprint density at radius 3 is 2.29 bits per heavy atom. The zero-order valence-electron chi connectivity index (χ0n) is 9.18. The highest BCUT2D eigenvalue weighted by molar-refractivity contribution is 7.78. The van der Waals surface area contributed by atoms with Gasteiger partial charge in [-0.3, -0.25) is 0 Å². The first kappa shape index (κ1) is 16.5. The number of unbranched alkanes of at least 4 members (excludes halogenated alkanes) is 2. The Hall–Kier alpha value is 0.0500. The van der Waals surface area contributed by atoms with Crippen molar-refractivity contribution in [1.82, 2.24) is 0 Å². The van der Waals surface area contributed by atoms with E-state index in [2.05, 4.69) is 36.2 Å². The fourth-order valence-corrected chi connectivity index (χ4v) is 1.48. The van der Waals surface area contributed by atoms with Crippen LogP contribution in [0.15, 0.2) is 4.99 Å². The second-order valence-electron chi connectivity index (χ2n) is 3.24. The zero-order valence-corrected chi connectivity index (χ0v) is 10.8. The van der Waals surface area contributed by atoms with Gasteiger partial charge in [0.05, 0.1) is 24.8 Å².